The Bertz CT molecular complexity index is 535. The van der Waals surface area contributed by atoms with Gasteiger partial charge in [-0.1, -0.05) is 30.3 Å². The molecule has 0 saturated heterocycles. The molecular formula is C14H14FN. The van der Waals surface area contributed by atoms with Gasteiger partial charge in [-0.3, -0.25) is 0 Å². The number of nitrogens with two attached hydrogens (primary N) is 1. The van der Waals surface area contributed by atoms with E-state index in [0.717, 1.165) is 18.2 Å². The van der Waals surface area contributed by atoms with Crippen LogP contribution in [0.1, 0.15) is 24.3 Å². The van der Waals surface area contributed by atoms with Crippen molar-refractivity contribution in [2.45, 2.75) is 24.8 Å². The fourth-order valence-electron chi connectivity index (χ4n) is 2.53. The molecule has 0 aromatic heterocycles. The first kappa shape index (κ1) is 9.79. The highest BCUT2D eigenvalue weighted by Gasteiger charge is 2.29. The molecule has 0 radical (unpaired) electrons. The zero-order valence-electron chi connectivity index (χ0n) is 8.99. The van der Waals surface area contributed by atoms with Crippen molar-refractivity contribution in [1.82, 2.24) is 0 Å². The van der Waals surface area contributed by atoms with Gasteiger partial charge in [0.05, 0.1) is 0 Å². The number of rotatable bonds is 1. The largest absolute Gasteiger partial charge is 0.327 e. The van der Waals surface area contributed by atoms with E-state index < -0.39 is 0 Å². The summed E-state index contributed by atoms with van der Waals surface area (Å²) in [6.45, 7) is 0. The molecule has 82 valence electrons. The van der Waals surface area contributed by atoms with E-state index in [-0.39, 0.29) is 11.9 Å². The molecule has 1 nitrogen and oxygen atoms in total. The molecule has 3 rings (SSSR count). The van der Waals surface area contributed by atoms with E-state index in [4.69, 9.17) is 5.73 Å². The van der Waals surface area contributed by atoms with Crippen LogP contribution in [0.5, 0.6) is 0 Å². The van der Waals surface area contributed by atoms with Crippen LogP contribution < -0.4 is 5.73 Å². The minimum atomic E-state index is -0.146. The Morgan fingerprint density at radius 3 is 2.44 bits per heavy atom. The monoisotopic (exact) mass is 215 g/mol. The van der Waals surface area contributed by atoms with Gasteiger partial charge in [0.15, 0.2) is 0 Å². The molecule has 2 aromatic carbocycles. The minimum Gasteiger partial charge on any atom is -0.327 e. The van der Waals surface area contributed by atoms with Gasteiger partial charge in [-0.05, 0) is 35.8 Å². The first-order valence-electron chi connectivity index (χ1n) is 5.70. The number of hydrogen-bond acceptors (Lipinski definition) is 1. The predicted molar refractivity (Wildman–Crippen MR) is 63.9 cm³/mol. The summed E-state index contributed by atoms with van der Waals surface area (Å²) >= 11 is 0. The maximum atomic E-state index is 13.6. The summed E-state index contributed by atoms with van der Waals surface area (Å²) in [4.78, 5) is 0. The summed E-state index contributed by atoms with van der Waals surface area (Å²) in [7, 11) is 0. The van der Waals surface area contributed by atoms with E-state index in [1.54, 1.807) is 6.07 Å². The zero-order chi connectivity index (χ0) is 11.1. The van der Waals surface area contributed by atoms with Crippen molar-refractivity contribution >= 4 is 10.8 Å². The fourth-order valence-corrected chi connectivity index (χ4v) is 2.53. The third kappa shape index (κ3) is 1.34. The van der Waals surface area contributed by atoms with E-state index in [2.05, 4.69) is 6.07 Å². The molecule has 0 aliphatic heterocycles. The molecular weight excluding hydrogens is 201 g/mol. The van der Waals surface area contributed by atoms with Crippen LogP contribution >= 0.6 is 0 Å². The third-order valence-corrected chi connectivity index (χ3v) is 3.63. The zero-order valence-corrected chi connectivity index (χ0v) is 8.99. The van der Waals surface area contributed by atoms with Crippen LogP contribution in [0.3, 0.4) is 0 Å². The molecule has 0 amide bonds. The van der Waals surface area contributed by atoms with Gasteiger partial charge >= 0.3 is 0 Å². The highest BCUT2D eigenvalue weighted by Crippen LogP contribution is 2.39. The lowest BCUT2D eigenvalue weighted by atomic mass is 9.74. The molecule has 1 fully saturated rings. The molecule has 2 aromatic rings. The Labute approximate surface area is 94.1 Å². The summed E-state index contributed by atoms with van der Waals surface area (Å²) < 4.78 is 13.6. The van der Waals surface area contributed by atoms with Crippen LogP contribution in [0, 0.1) is 5.82 Å². The van der Waals surface area contributed by atoms with Gasteiger partial charge in [-0.25, -0.2) is 4.39 Å². The normalized spacial score (nSPS) is 24.4. The Morgan fingerprint density at radius 1 is 1.00 bits per heavy atom. The molecule has 2 atom stereocenters. The van der Waals surface area contributed by atoms with Gasteiger partial charge in [-0.15, -0.1) is 0 Å². The average Bonchev–Trinajstić information content (AvgIpc) is 2.29. The highest BCUT2D eigenvalue weighted by molar-refractivity contribution is 5.86. The lowest BCUT2D eigenvalue weighted by Crippen LogP contribution is -2.37. The van der Waals surface area contributed by atoms with Gasteiger partial charge < -0.3 is 5.73 Å². The van der Waals surface area contributed by atoms with E-state index in [0.29, 0.717) is 11.3 Å². The summed E-state index contributed by atoms with van der Waals surface area (Å²) in [6.07, 6.45) is 2.20. The van der Waals surface area contributed by atoms with E-state index in [1.165, 1.54) is 11.6 Å². The topological polar surface area (TPSA) is 26.0 Å². The van der Waals surface area contributed by atoms with Crippen LogP contribution in [0.25, 0.3) is 10.8 Å². The fraction of sp³-hybridized carbons (Fsp3) is 0.286. The van der Waals surface area contributed by atoms with Gasteiger partial charge in [0.1, 0.15) is 5.82 Å². The first-order valence-corrected chi connectivity index (χ1v) is 5.70. The number of hydrogen-bond donors (Lipinski definition) is 1. The Hall–Kier alpha value is -1.41. The van der Waals surface area contributed by atoms with Crippen molar-refractivity contribution < 1.29 is 4.39 Å². The van der Waals surface area contributed by atoms with Gasteiger partial charge in [0.25, 0.3) is 0 Å². The quantitative estimate of drug-likeness (QED) is 0.776. The summed E-state index contributed by atoms with van der Waals surface area (Å²) in [5.74, 6) is 0.262. The van der Waals surface area contributed by atoms with Crippen molar-refractivity contribution in [2.75, 3.05) is 0 Å². The smallest absolute Gasteiger partial charge is 0.131 e. The lowest BCUT2D eigenvalue weighted by Gasteiger charge is -2.34. The molecule has 2 N–H and O–H groups in total. The average molecular weight is 215 g/mol. The van der Waals surface area contributed by atoms with Crippen LogP contribution in [-0.4, -0.2) is 6.04 Å². The highest BCUT2D eigenvalue weighted by atomic mass is 19.1. The molecule has 1 unspecified atom stereocenters. The second-order valence-electron chi connectivity index (χ2n) is 4.53. The van der Waals surface area contributed by atoms with Gasteiger partial charge in [-0.2, -0.15) is 0 Å². The van der Waals surface area contributed by atoms with Gasteiger partial charge in [0, 0.05) is 11.4 Å². The molecule has 0 bridgehead atoms. The van der Waals surface area contributed by atoms with Crippen LogP contribution in [0.2, 0.25) is 0 Å². The number of halogens is 1. The Morgan fingerprint density at radius 2 is 1.75 bits per heavy atom. The number of benzene rings is 2. The second-order valence-corrected chi connectivity index (χ2v) is 4.53. The summed E-state index contributed by atoms with van der Waals surface area (Å²) in [6, 6.07) is 11.3. The minimum absolute atomic E-state index is 0.146. The number of fused-ring (bicyclic) bond motifs is 1. The third-order valence-electron chi connectivity index (χ3n) is 3.63. The molecule has 0 spiro atoms. The van der Waals surface area contributed by atoms with E-state index >= 15 is 0 Å². The molecule has 2 heteroatoms. The van der Waals surface area contributed by atoms with Crippen LogP contribution in [0.15, 0.2) is 36.4 Å². The Kier molecular flexibility index (Phi) is 2.18. The van der Waals surface area contributed by atoms with E-state index in [1.807, 2.05) is 18.2 Å². The molecule has 1 aliphatic carbocycles. The lowest BCUT2D eigenvalue weighted by molar-refractivity contribution is 0.348. The van der Waals surface area contributed by atoms with Crippen molar-refractivity contribution in [3.63, 3.8) is 0 Å². The van der Waals surface area contributed by atoms with Crippen LogP contribution in [0.4, 0.5) is 4.39 Å². The second kappa shape index (κ2) is 3.56. The van der Waals surface area contributed by atoms with Crippen molar-refractivity contribution in [1.29, 1.82) is 0 Å². The first-order chi connectivity index (χ1) is 7.77. The summed E-state index contributed by atoms with van der Waals surface area (Å²) in [5.41, 5.74) is 7.19. The molecule has 1 aliphatic rings. The maximum absolute atomic E-state index is 13.6. The SMILES string of the molecule is N[C@@H]1CCC1c1cccc2c(F)cccc12. The molecule has 16 heavy (non-hydrogen) atoms. The van der Waals surface area contributed by atoms with E-state index in [9.17, 15) is 4.39 Å². The standard InChI is InChI=1S/C14H14FN/c15-13-6-2-4-9-10(3-1-5-11(9)13)12-7-8-14(12)16/h1-6,12,14H,7-8,16H2/t12?,14-/m1/s1. The maximum Gasteiger partial charge on any atom is 0.131 e. The predicted octanol–water partition coefficient (Wildman–Crippen LogP) is 3.18. The van der Waals surface area contributed by atoms with Gasteiger partial charge in [0.2, 0.25) is 0 Å². The van der Waals surface area contributed by atoms with Crippen molar-refractivity contribution in [2.24, 2.45) is 5.73 Å². The van der Waals surface area contributed by atoms with Crippen LogP contribution in [-0.2, 0) is 0 Å². The Balaban J connectivity index is 2.21. The molecule has 1 saturated carbocycles. The molecule has 0 heterocycles. The summed E-state index contributed by atoms with van der Waals surface area (Å²) in [5, 5.41) is 1.72. The van der Waals surface area contributed by atoms with Crippen molar-refractivity contribution in [3.8, 4) is 0 Å². The van der Waals surface area contributed by atoms with Crippen molar-refractivity contribution in [3.05, 3.63) is 47.8 Å².